The van der Waals surface area contributed by atoms with Gasteiger partial charge in [-0.25, -0.2) is 13.4 Å². The van der Waals surface area contributed by atoms with E-state index in [1.54, 1.807) is 42.3 Å². The molecule has 4 rings (SSSR count). The molecule has 0 atom stereocenters. The van der Waals surface area contributed by atoms with E-state index < -0.39 is 9.84 Å². The number of fused-ring (bicyclic) bond motifs is 1. The van der Waals surface area contributed by atoms with E-state index in [-0.39, 0.29) is 4.90 Å². The van der Waals surface area contributed by atoms with Crippen LogP contribution >= 0.6 is 0 Å². The third kappa shape index (κ3) is 5.21. The number of nitrogens with two attached hydrogens (primary N) is 1. The summed E-state index contributed by atoms with van der Waals surface area (Å²) in [6, 6.07) is 12.7. The molecule has 0 unspecified atom stereocenters. The molecule has 36 heavy (non-hydrogen) atoms. The Hall–Kier alpha value is -3.83. The number of benzene rings is 2. The minimum atomic E-state index is -3.43. The van der Waals surface area contributed by atoms with Crippen LogP contribution in [-0.2, 0) is 9.84 Å². The van der Waals surface area contributed by atoms with Crippen LogP contribution in [-0.4, -0.2) is 75.5 Å². The molecular weight excluding hydrogens is 478 g/mol. The zero-order valence-corrected chi connectivity index (χ0v) is 21.9. The van der Waals surface area contributed by atoms with Gasteiger partial charge < -0.3 is 25.6 Å². The van der Waals surface area contributed by atoms with Crippen molar-refractivity contribution >= 4 is 43.8 Å². The van der Waals surface area contributed by atoms with Crippen LogP contribution in [0.5, 0.6) is 5.75 Å². The number of nitrogen functional groups attached to an aromatic ring is 1. The molecule has 4 aromatic rings. The van der Waals surface area contributed by atoms with Gasteiger partial charge in [0.2, 0.25) is 5.95 Å². The average Bonchev–Trinajstić information content (AvgIpc) is 3.23. The lowest BCUT2D eigenvalue weighted by atomic mass is 10.2. The maximum absolute atomic E-state index is 12.4. The van der Waals surface area contributed by atoms with E-state index >= 15 is 0 Å². The molecule has 0 bridgehead atoms. The van der Waals surface area contributed by atoms with Crippen LogP contribution in [0, 0.1) is 0 Å². The quantitative estimate of drug-likeness (QED) is 0.328. The number of nitrogens with one attached hydrogen (secondary N) is 1. The summed E-state index contributed by atoms with van der Waals surface area (Å²) < 4.78 is 32.1. The molecule has 3 N–H and O–H groups in total. The number of ether oxygens (including phenoxy) is 1. The maximum atomic E-state index is 12.4. The standard InChI is InChI=1S/C25H31N7O3S/c1-30(2)12-13-31(3)21-15-22(35-4)19(14-18(21)26)28-25-27-11-10-24(29-25)32-16-23(36(5,33)34)17-8-6-7-9-20(17)32/h6-11,14-16H,12-13,26H2,1-5H3,(H,27,28,29). The van der Waals surface area contributed by atoms with Crippen molar-refractivity contribution in [3.05, 3.63) is 54.9 Å². The molecule has 0 aliphatic rings. The Morgan fingerprint density at radius 1 is 1.11 bits per heavy atom. The summed E-state index contributed by atoms with van der Waals surface area (Å²) in [6.07, 6.45) is 4.40. The molecule has 190 valence electrons. The minimum absolute atomic E-state index is 0.245. The number of rotatable bonds is 9. The van der Waals surface area contributed by atoms with E-state index in [0.29, 0.717) is 34.3 Å². The Labute approximate surface area is 211 Å². The second kappa shape index (κ2) is 10.0. The SMILES string of the molecule is COc1cc(N(C)CCN(C)C)c(N)cc1Nc1nccc(-n2cc(S(C)(=O)=O)c3ccccc32)n1. The lowest BCUT2D eigenvalue weighted by Crippen LogP contribution is -2.29. The van der Waals surface area contributed by atoms with Gasteiger partial charge in [0.1, 0.15) is 11.6 Å². The van der Waals surface area contributed by atoms with Gasteiger partial charge >= 0.3 is 0 Å². The Morgan fingerprint density at radius 2 is 1.86 bits per heavy atom. The van der Waals surface area contributed by atoms with Crippen molar-refractivity contribution in [2.45, 2.75) is 4.90 Å². The highest BCUT2D eigenvalue weighted by atomic mass is 32.2. The molecule has 10 nitrogen and oxygen atoms in total. The molecule has 0 saturated heterocycles. The molecular formula is C25H31N7O3S. The fourth-order valence-corrected chi connectivity index (χ4v) is 4.82. The lowest BCUT2D eigenvalue weighted by Gasteiger charge is -2.24. The van der Waals surface area contributed by atoms with Crippen molar-refractivity contribution in [1.29, 1.82) is 0 Å². The van der Waals surface area contributed by atoms with Crippen LogP contribution in [0.4, 0.5) is 23.0 Å². The molecule has 0 saturated carbocycles. The smallest absolute Gasteiger partial charge is 0.229 e. The second-order valence-corrected chi connectivity index (χ2v) is 10.8. The monoisotopic (exact) mass is 509 g/mol. The highest BCUT2D eigenvalue weighted by Crippen LogP contribution is 2.36. The van der Waals surface area contributed by atoms with Gasteiger partial charge in [0.05, 0.1) is 34.6 Å². The van der Waals surface area contributed by atoms with Gasteiger partial charge in [-0.1, -0.05) is 18.2 Å². The molecule has 0 spiro atoms. The fraction of sp³-hybridized carbons (Fsp3) is 0.280. The lowest BCUT2D eigenvalue weighted by molar-refractivity contribution is 0.413. The van der Waals surface area contributed by atoms with E-state index in [9.17, 15) is 8.42 Å². The predicted octanol–water partition coefficient (Wildman–Crippen LogP) is 3.16. The first-order valence-electron chi connectivity index (χ1n) is 11.3. The third-order valence-electron chi connectivity index (χ3n) is 5.85. The molecule has 11 heteroatoms. The summed E-state index contributed by atoms with van der Waals surface area (Å²) in [5.41, 5.74) is 9.18. The van der Waals surface area contributed by atoms with Crippen molar-refractivity contribution in [2.24, 2.45) is 0 Å². The van der Waals surface area contributed by atoms with Gasteiger partial charge in [-0.3, -0.25) is 4.57 Å². The highest BCUT2D eigenvalue weighted by Gasteiger charge is 2.18. The van der Waals surface area contributed by atoms with Gasteiger partial charge in [0, 0.05) is 50.2 Å². The topological polar surface area (TPSA) is 119 Å². The predicted molar refractivity (Wildman–Crippen MR) is 144 cm³/mol. The van der Waals surface area contributed by atoms with Gasteiger partial charge in [0.25, 0.3) is 0 Å². The van der Waals surface area contributed by atoms with E-state index in [1.807, 2.05) is 45.4 Å². The normalized spacial score (nSPS) is 11.7. The van der Waals surface area contributed by atoms with Crippen LogP contribution in [0.25, 0.3) is 16.7 Å². The van der Waals surface area contributed by atoms with Crippen molar-refractivity contribution in [1.82, 2.24) is 19.4 Å². The number of nitrogens with zero attached hydrogens (tertiary/aromatic N) is 5. The number of methoxy groups -OCH3 is 1. The Bertz CT molecular complexity index is 1500. The number of likely N-dealkylation sites (N-methyl/N-ethyl adjacent to an activating group) is 2. The first-order chi connectivity index (χ1) is 17.1. The zero-order chi connectivity index (χ0) is 26.0. The van der Waals surface area contributed by atoms with E-state index in [1.165, 1.54) is 6.26 Å². The number of hydrogen-bond acceptors (Lipinski definition) is 9. The van der Waals surface area contributed by atoms with Crippen LogP contribution < -0.4 is 20.7 Å². The van der Waals surface area contributed by atoms with Crippen molar-refractivity contribution < 1.29 is 13.2 Å². The molecule has 0 radical (unpaired) electrons. The van der Waals surface area contributed by atoms with Gasteiger partial charge in [-0.2, -0.15) is 4.98 Å². The van der Waals surface area contributed by atoms with Crippen molar-refractivity contribution in [2.75, 3.05) is 63.5 Å². The third-order valence-corrected chi connectivity index (χ3v) is 6.98. The minimum Gasteiger partial charge on any atom is -0.494 e. The van der Waals surface area contributed by atoms with Crippen molar-refractivity contribution in [3.8, 4) is 11.6 Å². The van der Waals surface area contributed by atoms with E-state index in [0.717, 1.165) is 24.3 Å². The summed E-state index contributed by atoms with van der Waals surface area (Å²) in [5.74, 6) is 1.43. The molecule has 0 amide bonds. The van der Waals surface area contributed by atoms with Crippen LogP contribution in [0.2, 0.25) is 0 Å². The first-order valence-corrected chi connectivity index (χ1v) is 13.2. The Kier molecular flexibility index (Phi) is 7.04. The molecule has 0 fully saturated rings. The number of anilines is 4. The summed E-state index contributed by atoms with van der Waals surface area (Å²) in [6.45, 7) is 1.69. The van der Waals surface area contributed by atoms with E-state index in [4.69, 9.17) is 10.5 Å². The molecule has 0 aliphatic heterocycles. The average molecular weight is 510 g/mol. The molecule has 2 aromatic heterocycles. The number of hydrogen-bond donors (Lipinski definition) is 2. The zero-order valence-electron chi connectivity index (χ0n) is 21.1. The number of aromatic nitrogens is 3. The molecule has 2 heterocycles. The fourth-order valence-electron chi connectivity index (χ4n) is 3.95. The summed E-state index contributed by atoms with van der Waals surface area (Å²) in [4.78, 5) is 13.4. The molecule has 2 aromatic carbocycles. The Morgan fingerprint density at radius 3 is 2.56 bits per heavy atom. The van der Waals surface area contributed by atoms with Crippen LogP contribution in [0.1, 0.15) is 0 Å². The highest BCUT2D eigenvalue weighted by molar-refractivity contribution is 7.91. The van der Waals surface area contributed by atoms with Crippen LogP contribution in [0.15, 0.2) is 59.8 Å². The first kappa shape index (κ1) is 25.3. The summed E-state index contributed by atoms with van der Waals surface area (Å²) >= 11 is 0. The van der Waals surface area contributed by atoms with Gasteiger partial charge in [-0.15, -0.1) is 0 Å². The van der Waals surface area contributed by atoms with Gasteiger partial charge in [-0.05, 0) is 32.3 Å². The molecule has 0 aliphatic carbocycles. The maximum Gasteiger partial charge on any atom is 0.229 e. The van der Waals surface area contributed by atoms with Gasteiger partial charge in [0.15, 0.2) is 9.84 Å². The Balaban J connectivity index is 1.68. The summed E-state index contributed by atoms with van der Waals surface area (Å²) in [7, 11) is 4.20. The van der Waals surface area contributed by atoms with Crippen LogP contribution in [0.3, 0.4) is 0 Å². The second-order valence-electron chi connectivity index (χ2n) is 8.85. The number of para-hydroxylation sites is 1. The largest absolute Gasteiger partial charge is 0.494 e. The van der Waals surface area contributed by atoms with Crippen molar-refractivity contribution in [3.63, 3.8) is 0 Å². The van der Waals surface area contributed by atoms with E-state index in [2.05, 4.69) is 25.1 Å². The number of sulfone groups is 1. The summed E-state index contributed by atoms with van der Waals surface area (Å²) in [5, 5.41) is 3.83.